The Balaban J connectivity index is 1.49. The van der Waals surface area contributed by atoms with Crippen molar-refractivity contribution in [3.05, 3.63) is 48.0 Å². The number of nitrogens with zero attached hydrogens (tertiary/aromatic N) is 5. The molecule has 5 heterocycles. The van der Waals surface area contributed by atoms with Crippen molar-refractivity contribution in [1.29, 1.82) is 0 Å². The van der Waals surface area contributed by atoms with E-state index >= 15 is 0 Å². The van der Waals surface area contributed by atoms with E-state index in [1.807, 2.05) is 41.0 Å². The monoisotopic (exact) mass is 353 g/mol. The van der Waals surface area contributed by atoms with E-state index < -0.39 is 0 Å². The minimum Gasteiger partial charge on any atom is -0.338 e. The van der Waals surface area contributed by atoms with Gasteiger partial charge in [0.05, 0.1) is 18.2 Å². The van der Waals surface area contributed by atoms with Gasteiger partial charge in [0.1, 0.15) is 6.54 Å². The Morgan fingerprint density at radius 2 is 2.08 bits per heavy atom. The predicted octanol–water partition coefficient (Wildman–Crippen LogP) is 1.24. The lowest BCUT2D eigenvalue weighted by atomic mass is 9.94. The number of pyridine rings is 1. The van der Waals surface area contributed by atoms with E-state index in [2.05, 4.69) is 10.1 Å². The lowest BCUT2D eigenvalue weighted by molar-refractivity contribution is -0.140. The van der Waals surface area contributed by atoms with Gasteiger partial charge in [-0.2, -0.15) is 5.10 Å². The van der Waals surface area contributed by atoms with Gasteiger partial charge in [-0.25, -0.2) is 0 Å². The molecule has 0 spiro atoms. The van der Waals surface area contributed by atoms with Gasteiger partial charge in [-0.3, -0.25) is 19.3 Å². The zero-order valence-corrected chi connectivity index (χ0v) is 14.9. The molecule has 136 valence electrons. The second kappa shape index (κ2) is 6.90. The number of aryl methyl sites for hydroxylation is 1. The molecule has 0 aromatic carbocycles. The Labute approximate surface area is 152 Å². The maximum Gasteiger partial charge on any atom is 0.244 e. The molecule has 0 saturated carbocycles. The molecule has 0 N–H and O–H groups in total. The van der Waals surface area contributed by atoms with E-state index in [0.717, 1.165) is 24.2 Å². The van der Waals surface area contributed by atoms with Crippen molar-refractivity contribution in [2.24, 2.45) is 5.92 Å². The Hall–Kier alpha value is -2.70. The topological polar surface area (TPSA) is 71.3 Å². The van der Waals surface area contributed by atoms with Crippen LogP contribution in [0.3, 0.4) is 0 Å². The third-order valence-corrected chi connectivity index (χ3v) is 5.42. The van der Waals surface area contributed by atoms with Crippen molar-refractivity contribution >= 4 is 11.8 Å². The fourth-order valence-electron chi connectivity index (χ4n) is 3.91. The Morgan fingerprint density at radius 1 is 1.19 bits per heavy atom. The maximum atomic E-state index is 12.9. The first kappa shape index (κ1) is 16.8. The lowest BCUT2D eigenvalue weighted by Gasteiger charge is -2.35. The lowest BCUT2D eigenvalue weighted by Crippen LogP contribution is -2.47. The molecule has 3 fully saturated rings. The highest BCUT2D eigenvalue weighted by molar-refractivity contribution is 5.83. The fraction of sp³-hybridized carbons (Fsp3) is 0.474. The van der Waals surface area contributed by atoms with Gasteiger partial charge in [0.15, 0.2) is 0 Å². The molecule has 26 heavy (non-hydrogen) atoms. The number of amides is 2. The Kier molecular flexibility index (Phi) is 4.44. The molecule has 0 radical (unpaired) electrons. The highest BCUT2D eigenvalue weighted by atomic mass is 16.2. The quantitative estimate of drug-likeness (QED) is 0.829. The summed E-state index contributed by atoms with van der Waals surface area (Å²) in [4.78, 5) is 33.8. The molecule has 3 saturated heterocycles. The van der Waals surface area contributed by atoms with Crippen molar-refractivity contribution in [3.63, 3.8) is 0 Å². The second-order valence-electron chi connectivity index (χ2n) is 7.14. The largest absolute Gasteiger partial charge is 0.338 e. The van der Waals surface area contributed by atoms with Crippen molar-refractivity contribution in [2.45, 2.75) is 38.9 Å². The fourth-order valence-corrected chi connectivity index (χ4v) is 3.91. The van der Waals surface area contributed by atoms with E-state index in [4.69, 9.17) is 0 Å². The van der Waals surface area contributed by atoms with Crippen molar-refractivity contribution in [1.82, 2.24) is 24.6 Å². The molecule has 2 amide bonds. The zero-order chi connectivity index (χ0) is 18.1. The third-order valence-electron chi connectivity index (χ3n) is 5.42. The Bertz CT molecular complexity index is 803. The van der Waals surface area contributed by atoms with Crippen LogP contribution in [0.5, 0.6) is 0 Å². The summed E-state index contributed by atoms with van der Waals surface area (Å²) in [6, 6.07) is 7.70. The van der Waals surface area contributed by atoms with Gasteiger partial charge >= 0.3 is 0 Å². The van der Waals surface area contributed by atoms with Crippen LogP contribution in [0.15, 0.2) is 36.7 Å². The molecule has 0 aliphatic carbocycles. The first-order chi connectivity index (χ1) is 12.6. The van der Waals surface area contributed by atoms with E-state index in [1.165, 1.54) is 0 Å². The molecule has 2 atom stereocenters. The number of carbonyl (C=O) groups excluding carboxylic acids is 2. The van der Waals surface area contributed by atoms with Crippen LogP contribution in [0.1, 0.15) is 24.2 Å². The minimum absolute atomic E-state index is 0.0289. The SMILES string of the molecule is Cc1ccnn1CC(=O)N1C[C@H]2CC[C@@H](C1)N(Cc1ccccn1)C2=O. The third kappa shape index (κ3) is 3.21. The van der Waals surface area contributed by atoms with Crippen molar-refractivity contribution in [2.75, 3.05) is 13.1 Å². The van der Waals surface area contributed by atoms with Crippen LogP contribution in [0.25, 0.3) is 0 Å². The smallest absolute Gasteiger partial charge is 0.244 e. The van der Waals surface area contributed by atoms with Crippen LogP contribution in [0, 0.1) is 12.8 Å². The zero-order valence-electron chi connectivity index (χ0n) is 14.9. The summed E-state index contributed by atoms with van der Waals surface area (Å²) in [6.07, 6.45) is 5.24. The summed E-state index contributed by atoms with van der Waals surface area (Å²) in [5.41, 5.74) is 1.85. The standard InChI is InChI=1S/C19H23N5O2/c1-14-7-9-21-24(14)13-18(25)22-10-15-5-6-17(12-22)23(19(15)26)11-16-4-2-3-8-20-16/h2-4,7-9,15,17H,5-6,10-13H2,1H3/t15-,17+/m1/s1. The van der Waals surface area contributed by atoms with Crippen LogP contribution < -0.4 is 0 Å². The first-order valence-electron chi connectivity index (χ1n) is 9.08. The number of hydrogen-bond acceptors (Lipinski definition) is 4. The van der Waals surface area contributed by atoms with Gasteiger partial charge in [0.2, 0.25) is 11.8 Å². The number of aromatic nitrogens is 3. The van der Waals surface area contributed by atoms with Gasteiger partial charge in [0, 0.05) is 37.2 Å². The summed E-state index contributed by atoms with van der Waals surface area (Å²) in [7, 11) is 0. The summed E-state index contributed by atoms with van der Waals surface area (Å²) >= 11 is 0. The van der Waals surface area contributed by atoms with E-state index in [9.17, 15) is 9.59 Å². The molecule has 3 aliphatic heterocycles. The minimum atomic E-state index is -0.111. The molecule has 3 aliphatic rings. The molecule has 7 heteroatoms. The number of piperidine rings is 1. The molecule has 2 bridgehead atoms. The second-order valence-corrected chi connectivity index (χ2v) is 7.14. The maximum absolute atomic E-state index is 12.9. The molecule has 2 aromatic rings. The molecule has 7 nitrogen and oxygen atoms in total. The molecule has 2 aromatic heterocycles. The highest BCUT2D eigenvalue weighted by Gasteiger charge is 2.41. The van der Waals surface area contributed by atoms with Crippen LogP contribution in [-0.4, -0.2) is 55.5 Å². The summed E-state index contributed by atoms with van der Waals surface area (Å²) < 4.78 is 1.71. The van der Waals surface area contributed by atoms with E-state index in [-0.39, 0.29) is 30.3 Å². The van der Waals surface area contributed by atoms with Crippen molar-refractivity contribution < 1.29 is 9.59 Å². The molecular formula is C19H23N5O2. The Morgan fingerprint density at radius 3 is 2.81 bits per heavy atom. The van der Waals surface area contributed by atoms with Gasteiger partial charge in [-0.15, -0.1) is 0 Å². The summed E-state index contributed by atoms with van der Waals surface area (Å²) in [5.74, 6) is 0.0683. The number of hydrogen-bond donors (Lipinski definition) is 0. The average Bonchev–Trinajstić information content (AvgIpc) is 2.87. The van der Waals surface area contributed by atoms with Gasteiger partial charge in [-0.05, 0) is 38.0 Å². The van der Waals surface area contributed by atoms with Crippen LogP contribution in [-0.2, 0) is 22.7 Å². The van der Waals surface area contributed by atoms with Crippen LogP contribution >= 0.6 is 0 Å². The van der Waals surface area contributed by atoms with Crippen molar-refractivity contribution in [3.8, 4) is 0 Å². The van der Waals surface area contributed by atoms with E-state index in [0.29, 0.717) is 19.6 Å². The molecule has 5 rings (SSSR count). The van der Waals surface area contributed by atoms with Gasteiger partial charge in [-0.1, -0.05) is 6.07 Å². The number of carbonyl (C=O) groups is 2. The normalized spacial score (nSPS) is 22.6. The van der Waals surface area contributed by atoms with E-state index in [1.54, 1.807) is 17.1 Å². The number of fused-ring (bicyclic) bond motifs is 4. The number of rotatable bonds is 4. The van der Waals surface area contributed by atoms with Crippen LogP contribution in [0.2, 0.25) is 0 Å². The molecular weight excluding hydrogens is 330 g/mol. The molecule has 0 unspecified atom stereocenters. The highest BCUT2D eigenvalue weighted by Crippen LogP contribution is 2.30. The summed E-state index contributed by atoms with van der Waals surface area (Å²) in [6.45, 7) is 3.78. The first-order valence-corrected chi connectivity index (χ1v) is 9.08. The predicted molar refractivity (Wildman–Crippen MR) is 94.8 cm³/mol. The average molecular weight is 353 g/mol. The van der Waals surface area contributed by atoms with Crippen LogP contribution in [0.4, 0.5) is 0 Å². The van der Waals surface area contributed by atoms with Gasteiger partial charge < -0.3 is 9.80 Å². The van der Waals surface area contributed by atoms with Gasteiger partial charge in [0.25, 0.3) is 0 Å². The summed E-state index contributed by atoms with van der Waals surface area (Å²) in [5, 5.41) is 4.20.